The van der Waals surface area contributed by atoms with E-state index in [9.17, 15) is 4.79 Å². The molecule has 0 saturated heterocycles. The van der Waals surface area contributed by atoms with Gasteiger partial charge in [0.15, 0.2) is 5.78 Å². The van der Waals surface area contributed by atoms with Gasteiger partial charge in [0.1, 0.15) is 6.33 Å². The molecule has 4 nitrogen and oxygen atoms in total. The van der Waals surface area contributed by atoms with Gasteiger partial charge in [0.2, 0.25) is 5.88 Å². The Morgan fingerprint density at radius 3 is 2.57 bits per heavy atom. The zero-order valence-corrected chi connectivity index (χ0v) is 12.9. The fraction of sp³-hybridized carbons (Fsp3) is 0.353. The van der Waals surface area contributed by atoms with Crippen LogP contribution in [-0.4, -0.2) is 22.9 Å². The van der Waals surface area contributed by atoms with Gasteiger partial charge in [-0.2, -0.15) is 0 Å². The van der Waals surface area contributed by atoms with Gasteiger partial charge < -0.3 is 4.74 Å². The van der Waals surface area contributed by atoms with Gasteiger partial charge in [0.25, 0.3) is 0 Å². The molecule has 1 aromatic carbocycles. The molecule has 1 aromatic heterocycles. The number of nitrogens with zero attached hydrogens (tertiary/aromatic N) is 2. The Balaban J connectivity index is 2.29. The number of carbonyl (C=O) groups excluding carboxylic acids is 1. The molecule has 0 N–H and O–H groups in total. The summed E-state index contributed by atoms with van der Waals surface area (Å²) >= 11 is 0. The molecule has 0 aliphatic rings. The average Bonchev–Trinajstić information content (AvgIpc) is 2.46. The molecule has 0 aliphatic heterocycles. The van der Waals surface area contributed by atoms with Crippen LogP contribution in [0.25, 0.3) is 0 Å². The minimum absolute atomic E-state index is 0.0567. The summed E-state index contributed by atoms with van der Waals surface area (Å²) in [6, 6.07) is 9.43. The third-order valence-electron chi connectivity index (χ3n) is 3.28. The number of hydrogen-bond donors (Lipinski definition) is 0. The van der Waals surface area contributed by atoms with Crippen molar-refractivity contribution in [2.75, 3.05) is 7.11 Å². The molecule has 0 atom stereocenters. The number of ketones is 1. The van der Waals surface area contributed by atoms with E-state index in [1.807, 2.05) is 24.3 Å². The number of methoxy groups -OCH3 is 1. The Morgan fingerprint density at radius 2 is 1.90 bits per heavy atom. The second kappa shape index (κ2) is 6.04. The van der Waals surface area contributed by atoms with E-state index in [1.165, 1.54) is 6.33 Å². The molecular weight excluding hydrogens is 264 g/mol. The number of carbonyl (C=O) groups is 1. The molecule has 0 fully saturated rings. The van der Waals surface area contributed by atoms with Crippen LogP contribution in [0.5, 0.6) is 5.88 Å². The SMILES string of the molecule is COc1cc(CC(=O)c2ccccc2C(C)(C)C)ncn1. The maximum Gasteiger partial charge on any atom is 0.216 e. The second-order valence-electron chi connectivity index (χ2n) is 5.95. The van der Waals surface area contributed by atoms with Gasteiger partial charge in [0.05, 0.1) is 19.2 Å². The third kappa shape index (κ3) is 3.66. The van der Waals surface area contributed by atoms with Gasteiger partial charge in [-0.1, -0.05) is 45.0 Å². The summed E-state index contributed by atoms with van der Waals surface area (Å²) in [5.74, 6) is 0.526. The molecule has 110 valence electrons. The van der Waals surface area contributed by atoms with Crippen molar-refractivity contribution in [2.24, 2.45) is 0 Å². The van der Waals surface area contributed by atoms with E-state index in [0.717, 1.165) is 11.1 Å². The first-order valence-corrected chi connectivity index (χ1v) is 6.89. The summed E-state index contributed by atoms with van der Waals surface area (Å²) in [4.78, 5) is 20.7. The monoisotopic (exact) mass is 284 g/mol. The van der Waals surface area contributed by atoms with E-state index in [-0.39, 0.29) is 17.6 Å². The smallest absolute Gasteiger partial charge is 0.216 e. The van der Waals surface area contributed by atoms with Crippen LogP contribution in [-0.2, 0) is 11.8 Å². The van der Waals surface area contributed by atoms with Gasteiger partial charge in [-0.15, -0.1) is 0 Å². The van der Waals surface area contributed by atoms with Gasteiger partial charge in [-0.25, -0.2) is 9.97 Å². The lowest BCUT2D eigenvalue weighted by Crippen LogP contribution is -2.18. The zero-order chi connectivity index (χ0) is 15.5. The lowest BCUT2D eigenvalue weighted by atomic mass is 9.82. The first-order valence-electron chi connectivity index (χ1n) is 6.89. The molecule has 0 unspecified atom stereocenters. The summed E-state index contributed by atoms with van der Waals surface area (Å²) < 4.78 is 5.06. The van der Waals surface area contributed by atoms with Crippen molar-refractivity contribution in [2.45, 2.75) is 32.6 Å². The van der Waals surface area contributed by atoms with Gasteiger partial charge in [-0.3, -0.25) is 4.79 Å². The van der Waals surface area contributed by atoms with Crippen molar-refractivity contribution in [3.8, 4) is 5.88 Å². The van der Waals surface area contributed by atoms with Crippen LogP contribution in [0.3, 0.4) is 0 Å². The van der Waals surface area contributed by atoms with E-state index in [1.54, 1.807) is 13.2 Å². The quantitative estimate of drug-likeness (QED) is 0.809. The summed E-state index contributed by atoms with van der Waals surface area (Å²) in [5, 5.41) is 0. The normalized spacial score (nSPS) is 11.2. The molecule has 2 aromatic rings. The van der Waals surface area contributed by atoms with E-state index in [4.69, 9.17) is 4.74 Å². The minimum atomic E-state index is -0.0738. The highest BCUT2D eigenvalue weighted by molar-refractivity contribution is 5.99. The molecule has 0 spiro atoms. The summed E-state index contributed by atoms with van der Waals surface area (Å²) in [6.07, 6.45) is 1.66. The Labute approximate surface area is 125 Å². The highest BCUT2D eigenvalue weighted by atomic mass is 16.5. The summed E-state index contributed by atoms with van der Waals surface area (Å²) in [6.45, 7) is 6.31. The predicted octanol–water partition coefficient (Wildman–Crippen LogP) is 3.21. The number of hydrogen-bond acceptors (Lipinski definition) is 4. The van der Waals surface area contributed by atoms with Crippen LogP contribution in [0.15, 0.2) is 36.7 Å². The summed E-state index contributed by atoms with van der Waals surface area (Å²) in [5.41, 5.74) is 2.39. The lowest BCUT2D eigenvalue weighted by molar-refractivity contribution is 0.0989. The average molecular weight is 284 g/mol. The van der Waals surface area contributed by atoms with E-state index in [0.29, 0.717) is 11.6 Å². The first kappa shape index (κ1) is 15.2. The third-order valence-corrected chi connectivity index (χ3v) is 3.28. The van der Waals surface area contributed by atoms with Crippen molar-refractivity contribution in [1.82, 2.24) is 9.97 Å². The van der Waals surface area contributed by atoms with Crippen molar-refractivity contribution < 1.29 is 9.53 Å². The topological polar surface area (TPSA) is 52.1 Å². The molecule has 0 amide bonds. The molecule has 0 bridgehead atoms. The molecular formula is C17H20N2O2. The van der Waals surface area contributed by atoms with Crippen LogP contribution < -0.4 is 4.74 Å². The molecule has 0 aliphatic carbocycles. The molecule has 0 radical (unpaired) electrons. The van der Waals surface area contributed by atoms with Crippen LogP contribution >= 0.6 is 0 Å². The number of benzene rings is 1. The van der Waals surface area contributed by atoms with Gasteiger partial charge in [-0.05, 0) is 11.0 Å². The van der Waals surface area contributed by atoms with E-state index < -0.39 is 0 Å². The Bertz CT molecular complexity index is 645. The largest absolute Gasteiger partial charge is 0.481 e. The van der Waals surface area contributed by atoms with Crippen LogP contribution in [0.4, 0.5) is 0 Å². The van der Waals surface area contributed by atoms with Crippen LogP contribution in [0.2, 0.25) is 0 Å². The number of ether oxygens (including phenoxy) is 1. The maximum absolute atomic E-state index is 12.6. The minimum Gasteiger partial charge on any atom is -0.481 e. The van der Waals surface area contributed by atoms with Crippen molar-refractivity contribution in [3.05, 3.63) is 53.5 Å². The molecule has 21 heavy (non-hydrogen) atoms. The number of aromatic nitrogens is 2. The molecule has 1 heterocycles. The Hall–Kier alpha value is -2.23. The molecule has 4 heteroatoms. The Kier molecular flexibility index (Phi) is 4.36. The van der Waals surface area contributed by atoms with Crippen LogP contribution in [0, 0.1) is 0 Å². The molecule has 0 saturated carbocycles. The standard InChI is InChI=1S/C17H20N2O2/c1-17(2,3)14-8-6-5-7-13(14)15(20)9-12-10-16(21-4)19-11-18-12/h5-8,10-11H,9H2,1-4H3. The van der Waals surface area contributed by atoms with Gasteiger partial charge in [0, 0.05) is 11.6 Å². The highest BCUT2D eigenvalue weighted by Crippen LogP contribution is 2.26. The number of Topliss-reactive ketones (excluding diaryl/α,β-unsaturated/α-hetero) is 1. The van der Waals surface area contributed by atoms with Crippen LogP contribution in [0.1, 0.15) is 42.4 Å². The highest BCUT2D eigenvalue weighted by Gasteiger charge is 2.21. The molecule has 2 rings (SSSR count). The van der Waals surface area contributed by atoms with Crippen molar-refractivity contribution in [3.63, 3.8) is 0 Å². The van der Waals surface area contributed by atoms with Crippen molar-refractivity contribution >= 4 is 5.78 Å². The van der Waals surface area contributed by atoms with E-state index in [2.05, 4.69) is 30.7 Å². The van der Waals surface area contributed by atoms with Gasteiger partial charge >= 0.3 is 0 Å². The van der Waals surface area contributed by atoms with Crippen molar-refractivity contribution in [1.29, 1.82) is 0 Å². The Morgan fingerprint density at radius 1 is 1.19 bits per heavy atom. The first-order chi connectivity index (χ1) is 9.91. The fourth-order valence-electron chi connectivity index (χ4n) is 2.23. The van der Waals surface area contributed by atoms with E-state index >= 15 is 0 Å². The zero-order valence-electron chi connectivity index (χ0n) is 12.9. The lowest BCUT2D eigenvalue weighted by Gasteiger charge is -2.22. The number of rotatable bonds is 4. The summed E-state index contributed by atoms with van der Waals surface area (Å²) in [7, 11) is 1.54. The maximum atomic E-state index is 12.6. The fourth-order valence-corrected chi connectivity index (χ4v) is 2.23. The second-order valence-corrected chi connectivity index (χ2v) is 5.95. The predicted molar refractivity (Wildman–Crippen MR) is 81.8 cm³/mol.